The topological polar surface area (TPSA) is 85.2 Å². The summed E-state index contributed by atoms with van der Waals surface area (Å²) in [6.45, 7) is 3.33. The minimum atomic E-state index is 0.0122. The molecule has 0 radical (unpaired) electrons. The number of rotatable bonds is 2. The van der Waals surface area contributed by atoms with Gasteiger partial charge >= 0.3 is 0 Å². The first-order valence-corrected chi connectivity index (χ1v) is 7.49. The van der Waals surface area contributed by atoms with Crippen LogP contribution in [0, 0.1) is 12.8 Å². The third-order valence-corrected chi connectivity index (χ3v) is 4.51. The van der Waals surface area contributed by atoms with Crippen molar-refractivity contribution >= 4 is 5.91 Å². The van der Waals surface area contributed by atoms with Gasteiger partial charge in [-0.15, -0.1) is 0 Å². The highest BCUT2D eigenvalue weighted by Crippen LogP contribution is 2.30. The summed E-state index contributed by atoms with van der Waals surface area (Å²) in [4.78, 5) is 18.8. The second-order valence-corrected chi connectivity index (χ2v) is 6.00. The van der Waals surface area contributed by atoms with Gasteiger partial charge in [0.15, 0.2) is 5.82 Å². The number of aryl methyl sites for hydroxylation is 1. The van der Waals surface area contributed by atoms with Crippen LogP contribution >= 0.6 is 0 Å². The number of piperidine rings is 1. The van der Waals surface area contributed by atoms with Crippen LogP contribution in [-0.2, 0) is 4.79 Å². The summed E-state index contributed by atoms with van der Waals surface area (Å²) in [5, 5.41) is 3.84. The Hall–Kier alpha value is -1.43. The van der Waals surface area contributed by atoms with Gasteiger partial charge in [0.05, 0.1) is 11.8 Å². The van der Waals surface area contributed by atoms with Gasteiger partial charge in [0.1, 0.15) is 0 Å². The van der Waals surface area contributed by atoms with E-state index in [0.29, 0.717) is 18.3 Å². The Morgan fingerprint density at radius 1 is 1.35 bits per heavy atom. The van der Waals surface area contributed by atoms with E-state index in [4.69, 9.17) is 10.3 Å². The molecule has 2 N–H and O–H groups in total. The average Bonchev–Trinajstić information content (AvgIpc) is 3.07. The molecule has 0 bridgehead atoms. The van der Waals surface area contributed by atoms with Gasteiger partial charge in [0.25, 0.3) is 0 Å². The van der Waals surface area contributed by atoms with E-state index >= 15 is 0 Å². The van der Waals surface area contributed by atoms with Crippen molar-refractivity contribution in [2.75, 3.05) is 13.1 Å². The predicted molar refractivity (Wildman–Crippen MR) is 72.9 cm³/mol. The summed E-state index contributed by atoms with van der Waals surface area (Å²) >= 11 is 0. The lowest BCUT2D eigenvalue weighted by atomic mass is 9.95. The van der Waals surface area contributed by atoms with Crippen molar-refractivity contribution in [1.29, 1.82) is 0 Å². The van der Waals surface area contributed by atoms with Gasteiger partial charge < -0.3 is 15.2 Å². The van der Waals surface area contributed by atoms with Gasteiger partial charge in [-0.1, -0.05) is 11.6 Å². The van der Waals surface area contributed by atoms with Gasteiger partial charge in [-0.2, -0.15) is 4.98 Å². The Morgan fingerprint density at radius 3 is 2.85 bits per heavy atom. The molecule has 2 fully saturated rings. The van der Waals surface area contributed by atoms with E-state index in [2.05, 4.69) is 10.1 Å². The van der Waals surface area contributed by atoms with Gasteiger partial charge in [-0.3, -0.25) is 4.79 Å². The number of amides is 1. The number of nitrogens with zero attached hydrogens (tertiary/aromatic N) is 3. The third-order valence-electron chi connectivity index (χ3n) is 4.51. The van der Waals surface area contributed by atoms with Crippen LogP contribution in [-0.4, -0.2) is 40.1 Å². The van der Waals surface area contributed by atoms with Crippen molar-refractivity contribution in [2.24, 2.45) is 11.7 Å². The summed E-state index contributed by atoms with van der Waals surface area (Å²) in [5.74, 6) is 1.72. The van der Waals surface area contributed by atoms with Crippen LogP contribution in [0.25, 0.3) is 0 Å². The van der Waals surface area contributed by atoms with E-state index in [0.717, 1.165) is 38.6 Å². The standard InChI is InChI=1S/C14H22N4O2/c1-9-16-13(20-17-9)10-4-3-7-18(8-10)14(19)11-5-2-6-12(11)15/h10-12H,2-8,15H2,1H3. The zero-order chi connectivity index (χ0) is 14.1. The molecule has 2 aliphatic rings. The molecule has 3 atom stereocenters. The van der Waals surface area contributed by atoms with Gasteiger partial charge in [0.2, 0.25) is 11.8 Å². The Morgan fingerprint density at radius 2 is 2.20 bits per heavy atom. The fourth-order valence-electron chi connectivity index (χ4n) is 3.39. The van der Waals surface area contributed by atoms with Crippen molar-refractivity contribution in [3.05, 3.63) is 11.7 Å². The molecular formula is C14H22N4O2. The average molecular weight is 278 g/mol. The van der Waals surface area contributed by atoms with Crippen LogP contribution < -0.4 is 5.73 Å². The summed E-state index contributed by atoms with van der Waals surface area (Å²) in [7, 11) is 0. The lowest BCUT2D eigenvalue weighted by Gasteiger charge is -2.33. The molecule has 1 aliphatic heterocycles. The summed E-state index contributed by atoms with van der Waals surface area (Å²) in [6.07, 6.45) is 4.96. The Balaban J connectivity index is 1.67. The molecule has 2 heterocycles. The van der Waals surface area contributed by atoms with Crippen molar-refractivity contribution in [2.45, 2.75) is 51.0 Å². The van der Waals surface area contributed by atoms with Crippen LogP contribution in [0.2, 0.25) is 0 Å². The molecule has 6 heteroatoms. The molecule has 1 aromatic heterocycles. The minimum absolute atomic E-state index is 0.0122. The van der Waals surface area contributed by atoms with Crippen molar-refractivity contribution in [3.8, 4) is 0 Å². The molecule has 110 valence electrons. The second kappa shape index (κ2) is 5.52. The normalized spacial score (nSPS) is 30.7. The van der Waals surface area contributed by atoms with Crippen molar-refractivity contribution in [1.82, 2.24) is 15.0 Å². The predicted octanol–water partition coefficient (Wildman–Crippen LogP) is 1.21. The molecule has 1 amide bonds. The molecular weight excluding hydrogens is 256 g/mol. The molecule has 1 saturated carbocycles. The van der Waals surface area contributed by atoms with Crippen molar-refractivity contribution < 1.29 is 9.32 Å². The first-order valence-electron chi connectivity index (χ1n) is 7.49. The van der Waals surface area contributed by atoms with E-state index in [1.54, 1.807) is 0 Å². The van der Waals surface area contributed by atoms with Crippen LogP contribution in [0.3, 0.4) is 0 Å². The van der Waals surface area contributed by atoms with Crippen LogP contribution in [0.15, 0.2) is 4.52 Å². The van der Waals surface area contributed by atoms with Gasteiger partial charge in [0, 0.05) is 19.1 Å². The SMILES string of the molecule is Cc1noc(C2CCCN(C(=O)C3CCCC3N)C2)n1. The number of carbonyl (C=O) groups is 1. The maximum atomic E-state index is 12.6. The first-order chi connectivity index (χ1) is 9.65. The Kier molecular flexibility index (Phi) is 3.74. The van der Waals surface area contributed by atoms with E-state index < -0.39 is 0 Å². The Bertz CT molecular complexity index is 487. The van der Waals surface area contributed by atoms with Crippen LogP contribution in [0.4, 0.5) is 0 Å². The van der Waals surface area contributed by atoms with Crippen LogP contribution in [0.1, 0.15) is 49.7 Å². The maximum absolute atomic E-state index is 12.6. The zero-order valence-electron chi connectivity index (χ0n) is 11.9. The fourth-order valence-corrected chi connectivity index (χ4v) is 3.39. The second-order valence-electron chi connectivity index (χ2n) is 6.00. The summed E-state index contributed by atoms with van der Waals surface area (Å²) < 4.78 is 5.25. The molecule has 1 saturated heterocycles. The third kappa shape index (κ3) is 2.57. The smallest absolute Gasteiger partial charge is 0.231 e. The highest BCUT2D eigenvalue weighted by Gasteiger charge is 2.36. The highest BCUT2D eigenvalue weighted by molar-refractivity contribution is 5.80. The molecule has 20 heavy (non-hydrogen) atoms. The van der Waals surface area contributed by atoms with Crippen molar-refractivity contribution in [3.63, 3.8) is 0 Å². The number of likely N-dealkylation sites (tertiary alicyclic amines) is 1. The number of aromatic nitrogens is 2. The summed E-state index contributed by atoms with van der Waals surface area (Å²) in [6, 6.07) is 0.0357. The highest BCUT2D eigenvalue weighted by atomic mass is 16.5. The monoisotopic (exact) mass is 278 g/mol. The largest absolute Gasteiger partial charge is 0.342 e. The first kappa shape index (κ1) is 13.5. The number of hydrogen-bond acceptors (Lipinski definition) is 5. The summed E-state index contributed by atoms with van der Waals surface area (Å²) in [5.41, 5.74) is 6.05. The molecule has 1 aromatic rings. The maximum Gasteiger partial charge on any atom is 0.231 e. The fraction of sp³-hybridized carbons (Fsp3) is 0.786. The molecule has 0 spiro atoms. The number of hydrogen-bond donors (Lipinski definition) is 1. The molecule has 1 aliphatic carbocycles. The van der Waals surface area contributed by atoms with E-state index in [1.165, 1.54) is 0 Å². The van der Waals surface area contributed by atoms with Gasteiger partial charge in [-0.05, 0) is 32.6 Å². The lowest BCUT2D eigenvalue weighted by Crippen LogP contribution is -2.45. The zero-order valence-corrected chi connectivity index (χ0v) is 11.9. The lowest BCUT2D eigenvalue weighted by molar-refractivity contribution is -0.137. The molecule has 6 nitrogen and oxygen atoms in total. The van der Waals surface area contributed by atoms with E-state index in [1.807, 2.05) is 11.8 Å². The van der Waals surface area contributed by atoms with Crippen LogP contribution in [0.5, 0.6) is 0 Å². The van der Waals surface area contributed by atoms with E-state index in [9.17, 15) is 4.79 Å². The van der Waals surface area contributed by atoms with Gasteiger partial charge in [-0.25, -0.2) is 0 Å². The quantitative estimate of drug-likeness (QED) is 0.879. The minimum Gasteiger partial charge on any atom is -0.342 e. The molecule has 3 rings (SSSR count). The van der Waals surface area contributed by atoms with E-state index in [-0.39, 0.29) is 23.8 Å². The number of nitrogens with two attached hydrogens (primary N) is 1. The Labute approximate surface area is 118 Å². The molecule has 3 unspecified atom stereocenters. The number of carbonyl (C=O) groups excluding carboxylic acids is 1. The molecule has 0 aromatic carbocycles.